The zero-order chi connectivity index (χ0) is 34.3. The van der Waals surface area contributed by atoms with Gasteiger partial charge in [-0.25, -0.2) is 14.1 Å². The number of nitrogens with zero attached hydrogens (tertiary/aromatic N) is 6. The summed E-state index contributed by atoms with van der Waals surface area (Å²) in [6.45, 7) is -0.164. The van der Waals surface area contributed by atoms with E-state index in [0.717, 1.165) is 16.1 Å². The van der Waals surface area contributed by atoms with Gasteiger partial charge in [0.25, 0.3) is 17.9 Å². The van der Waals surface area contributed by atoms with Gasteiger partial charge in [-0.1, -0.05) is 5.16 Å². The molecule has 0 saturated carbocycles. The highest BCUT2D eigenvalue weighted by atomic mass is 32.2. The highest BCUT2D eigenvalue weighted by molar-refractivity contribution is 7.84. The van der Waals surface area contributed by atoms with E-state index in [1.807, 2.05) is 0 Å². The maximum Gasteiger partial charge on any atom is 0.362 e. The van der Waals surface area contributed by atoms with E-state index in [-0.39, 0.29) is 39.8 Å². The summed E-state index contributed by atoms with van der Waals surface area (Å²) >= 11 is 0.921. The van der Waals surface area contributed by atoms with E-state index in [0.29, 0.717) is 24.3 Å². The number of thiazole rings is 1. The molecule has 1 aliphatic rings. The second-order valence-corrected chi connectivity index (χ2v) is 11.8. The molecule has 2 aromatic heterocycles. The summed E-state index contributed by atoms with van der Waals surface area (Å²) in [5.74, 6) is -3.42. The molecule has 1 aliphatic heterocycles. The van der Waals surface area contributed by atoms with Gasteiger partial charge in [-0.3, -0.25) is 19.6 Å². The van der Waals surface area contributed by atoms with E-state index in [1.54, 1.807) is 12.1 Å². The first-order chi connectivity index (χ1) is 22.3. The van der Waals surface area contributed by atoms with Crippen molar-refractivity contribution in [1.82, 2.24) is 34.9 Å². The molecule has 1 fully saturated rings. The molecule has 1 saturated heterocycles. The van der Waals surface area contributed by atoms with Gasteiger partial charge >= 0.3 is 16.3 Å². The summed E-state index contributed by atoms with van der Waals surface area (Å²) in [6, 6.07) is 3.27. The standard InChI is InChI=1S/C24H30N12O9S2/c25-5-6-29-20(27)12-1-3-14(4-2-12)44-10-17(23(39)40)45-34-18(15-11-46-24(28)31-15)21(37)32-19-16(36(22(19)38)47(41,42)43)9-35-30-8-13(7-26)33-35/h1-4,8,11,16-17,19H,5-7,9-10,25-26H2,(H2,27,29)(H2,28,31)(H,32,37)(H,39,40)(H,41,42,43)/b34-18-/t16-,17+,19+/m1/s1. The van der Waals surface area contributed by atoms with Crippen molar-refractivity contribution in [3.63, 3.8) is 0 Å². The number of benzene rings is 1. The number of carbonyl (C=O) groups excluding carboxylic acids is 2. The Morgan fingerprint density at radius 1 is 1.23 bits per heavy atom. The average molecular weight is 695 g/mol. The summed E-state index contributed by atoms with van der Waals surface area (Å²) in [5.41, 5.74) is 16.8. The molecule has 0 bridgehead atoms. The van der Waals surface area contributed by atoms with Gasteiger partial charge in [0.15, 0.2) is 10.8 Å². The van der Waals surface area contributed by atoms with E-state index < -0.39 is 58.6 Å². The number of nitrogen functional groups attached to an aromatic ring is 1. The topological polar surface area (TPSA) is 329 Å². The van der Waals surface area contributed by atoms with Crippen LogP contribution in [0.5, 0.6) is 5.75 Å². The molecule has 0 unspecified atom stereocenters. The molecule has 11 N–H and O–H groups in total. The Hall–Kier alpha value is -5.23. The predicted molar refractivity (Wildman–Crippen MR) is 163 cm³/mol. The van der Waals surface area contributed by atoms with E-state index >= 15 is 0 Å². The Labute approximate surface area is 270 Å². The van der Waals surface area contributed by atoms with Gasteiger partial charge in [0.1, 0.15) is 36.0 Å². The molecule has 3 atom stereocenters. The first-order valence-corrected chi connectivity index (χ1v) is 15.7. The number of carboxylic acids is 1. The Kier molecular flexibility index (Phi) is 11.0. The average Bonchev–Trinajstić information content (AvgIpc) is 3.68. The van der Waals surface area contributed by atoms with Crippen LogP contribution in [0.2, 0.25) is 0 Å². The van der Waals surface area contributed by atoms with Crippen molar-refractivity contribution >= 4 is 56.1 Å². The lowest BCUT2D eigenvalue weighted by molar-refractivity contribution is -0.152. The minimum absolute atomic E-state index is 0.0176. The van der Waals surface area contributed by atoms with Crippen LogP contribution in [0, 0.1) is 5.41 Å². The highest BCUT2D eigenvalue weighted by Gasteiger charge is 2.54. The Morgan fingerprint density at radius 3 is 2.53 bits per heavy atom. The van der Waals surface area contributed by atoms with Crippen molar-refractivity contribution < 1.29 is 42.0 Å². The molecule has 21 nitrogen and oxygen atoms in total. The van der Waals surface area contributed by atoms with Gasteiger partial charge in [-0.05, 0) is 24.3 Å². The summed E-state index contributed by atoms with van der Waals surface area (Å²) in [6.07, 6.45) is -0.430. The second-order valence-electron chi connectivity index (χ2n) is 9.59. The molecule has 47 heavy (non-hydrogen) atoms. The molecule has 0 radical (unpaired) electrons. The third-order valence-corrected chi connectivity index (χ3v) is 7.99. The van der Waals surface area contributed by atoms with Gasteiger partial charge < -0.3 is 42.5 Å². The van der Waals surface area contributed by atoms with Gasteiger partial charge in [0.05, 0.1) is 18.4 Å². The van der Waals surface area contributed by atoms with Crippen LogP contribution in [-0.4, -0.2) is 110 Å². The van der Waals surface area contributed by atoms with Gasteiger partial charge in [-0.15, -0.1) is 11.3 Å². The van der Waals surface area contributed by atoms with Crippen molar-refractivity contribution in [1.29, 1.82) is 5.41 Å². The first kappa shape index (κ1) is 34.6. The number of amidine groups is 1. The SMILES string of the molecule is N=C(NCCN)c1ccc(OC[C@H](O/N=C(\C(=O)N[C@@H]2C(=O)N(S(=O)(=O)O)[C@@H]2Cn2ncc(CN)n2)c2csc(N)n2)C(=O)O)cc1. The Bertz CT molecular complexity index is 1760. The molecular weight excluding hydrogens is 664 g/mol. The highest BCUT2D eigenvalue weighted by Crippen LogP contribution is 2.25. The monoisotopic (exact) mass is 694 g/mol. The van der Waals surface area contributed by atoms with Crippen LogP contribution in [-0.2, 0) is 42.6 Å². The van der Waals surface area contributed by atoms with Crippen LogP contribution >= 0.6 is 11.3 Å². The second kappa shape index (κ2) is 14.9. The van der Waals surface area contributed by atoms with E-state index in [4.69, 9.17) is 32.2 Å². The molecule has 3 heterocycles. The van der Waals surface area contributed by atoms with Crippen molar-refractivity contribution in [3.05, 3.63) is 52.8 Å². The van der Waals surface area contributed by atoms with Crippen LogP contribution < -0.4 is 32.6 Å². The van der Waals surface area contributed by atoms with Gasteiger partial charge in [-0.2, -0.15) is 23.4 Å². The number of carbonyl (C=O) groups is 3. The molecule has 0 aliphatic carbocycles. The number of aliphatic carboxylic acids is 1. The molecule has 23 heteroatoms. The lowest BCUT2D eigenvalue weighted by Crippen LogP contribution is -2.73. The maximum absolute atomic E-state index is 13.4. The number of nitrogens with one attached hydrogen (secondary N) is 3. The number of β-lactam (4-membered cyclic amide) rings is 1. The smallest absolute Gasteiger partial charge is 0.362 e. The van der Waals surface area contributed by atoms with E-state index in [2.05, 4.69) is 31.0 Å². The summed E-state index contributed by atoms with van der Waals surface area (Å²) in [4.78, 5) is 48.2. The number of hydrogen-bond donors (Lipinski definition) is 8. The quantitative estimate of drug-likeness (QED) is 0.0245. The minimum atomic E-state index is -5.03. The fourth-order valence-corrected chi connectivity index (χ4v) is 5.50. The molecule has 252 valence electrons. The molecule has 0 spiro atoms. The number of nitrogens with two attached hydrogens (primary N) is 3. The van der Waals surface area contributed by atoms with Crippen molar-refractivity contribution in [2.45, 2.75) is 31.3 Å². The number of carboxylic acid groups (broad SMARTS) is 1. The zero-order valence-corrected chi connectivity index (χ0v) is 25.8. The largest absolute Gasteiger partial charge is 0.489 e. The molecule has 2 amide bonds. The van der Waals surface area contributed by atoms with Crippen LogP contribution in [0.15, 0.2) is 41.0 Å². The van der Waals surface area contributed by atoms with Crippen LogP contribution in [0.1, 0.15) is 17.0 Å². The number of hydrogen-bond acceptors (Lipinski definition) is 16. The van der Waals surface area contributed by atoms with Crippen LogP contribution in [0.25, 0.3) is 0 Å². The van der Waals surface area contributed by atoms with Crippen LogP contribution in [0.4, 0.5) is 5.13 Å². The first-order valence-electron chi connectivity index (χ1n) is 13.5. The van der Waals surface area contributed by atoms with Crippen molar-refractivity contribution in [2.24, 2.45) is 16.6 Å². The number of oxime groups is 1. The number of rotatable bonds is 16. The fourth-order valence-electron chi connectivity index (χ4n) is 4.09. The van der Waals surface area contributed by atoms with Crippen molar-refractivity contribution in [2.75, 3.05) is 25.4 Å². The van der Waals surface area contributed by atoms with Crippen molar-refractivity contribution in [3.8, 4) is 5.75 Å². The lowest BCUT2D eigenvalue weighted by Gasteiger charge is -2.43. The lowest BCUT2D eigenvalue weighted by atomic mass is 9.98. The fraction of sp³-hybridized carbons (Fsp3) is 0.333. The summed E-state index contributed by atoms with van der Waals surface area (Å²) in [7, 11) is -5.03. The number of ether oxygens (including phenoxy) is 1. The zero-order valence-electron chi connectivity index (χ0n) is 24.2. The van der Waals surface area contributed by atoms with E-state index in [1.165, 1.54) is 23.7 Å². The Balaban J connectivity index is 1.50. The van der Waals surface area contributed by atoms with Gasteiger partial charge in [0, 0.05) is 30.6 Å². The normalized spacial score (nSPS) is 17.0. The third-order valence-electron chi connectivity index (χ3n) is 6.36. The van der Waals surface area contributed by atoms with Crippen LogP contribution in [0.3, 0.4) is 0 Å². The molecule has 1 aromatic carbocycles. The van der Waals surface area contributed by atoms with E-state index in [9.17, 15) is 32.5 Å². The summed E-state index contributed by atoms with van der Waals surface area (Å²) in [5, 5.41) is 35.8. The Morgan fingerprint density at radius 2 is 1.96 bits per heavy atom. The predicted octanol–water partition coefficient (Wildman–Crippen LogP) is -2.90. The molecule has 4 rings (SSSR count). The molecule has 3 aromatic rings. The number of aromatic nitrogens is 4. The minimum Gasteiger partial charge on any atom is -0.489 e. The third kappa shape index (κ3) is 8.53. The van der Waals surface area contributed by atoms with Gasteiger partial charge in [0.2, 0.25) is 0 Å². The summed E-state index contributed by atoms with van der Waals surface area (Å²) < 4.78 is 39.0. The maximum atomic E-state index is 13.4. The number of anilines is 1. The number of amides is 2. The molecular formula is C24H30N12O9S2.